The summed E-state index contributed by atoms with van der Waals surface area (Å²) in [6, 6.07) is 3.11. The third kappa shape index (κ3) is 1.40. The number of hydrogen-bond donors (Lipinski definition) is 0. The van der Waals surface area contributed by atoms with Gasteiger partial charge in [0.25, 0.3) is 0 Å². The number of ether oxygens (including phenoxy) is 1. The molecule has 0 saturated carbocycles. The third-order valence-electron chi connectivity index (χ3n) is 1.62. The Morgan fingerprint density at radius 1 is 1.50 bits per heavy atom. The molecule has 0 unspecified atom stereocenters. The quantitative estimate of drug-likeness (QED) is 0.578. The van der Waals surface area contributed by atoms with Crippen LogP contribution in [0.25, 0.3) is 0 Å². The van der Waals surface area contributed by atoms with Crippen molar-refractivity contribution in [3.05, 3.63) is 29.1 Å². The van der Waals surface area contributed by atoms with Crippen LogP contribution in [-0.4, -0.2) is 7.11 Å². The molecule has 0 spiro atoms. The highest BCUT2D eigenvalue weighted by atomic mass is 19.1. The first-order valence-electron chi connectivity index (χ1n) is 3.49. The monoisotopic (exact) mass is 164 g/mol. The van der Waals surface area contributed by atoms with E-state index >= 15 is 0 Å². The van der Waals surface area contributed by atoms with Crippen LogP contribution in [0.15, 0.2) is 12.1 Å². The van der Waals surface area contributed by atoms with Crippen LogP contribution in [0.5, 0.6) is 5.75 Å². The first kappa shape index (κ1) is 8.61. The molecule has 0 saturated heterocycles. The zero-order valence-electron chi connectivity index (χ0n) is 7.02. The molecular weight excluding hydrogens is 155 g/mol. The van der Waals surface area contributed by atoms with E-state index in [0.717, 1.165) is 0 Å². The van der Waals surface area contributed by atoms with Gasteiger partial charge in [-0.2, -0.15) is 0 Å². The number of rotatable bonds is 1. The fraction of sp³-hybridized carbons (Fsp3) is 0.200. The number of benzene rings is 1. The van der Waals surface area contributed by atoms with Gasteiger partial charge in [-0.3, -0.25) is 0 Å². The molecule has 1 rings (SSSR count). The van der Waals surface area contributed by atoms with Crippen molar-refractivity contribution >= 4 is 0 Å². The molecule has 0 fully saturated rings. The van der Waals surface area contributed by atoms with E-state index < -0.39 is 0 Å². The Morgan fingerprint density at radius 3 is 2.67 bits per heavy atom. The lowest BCUT2D eigenvalue weighted by atomic mass is 10.1. The highest BCUT2D eigenvalue weighted by Gasteiger charge is 2.05. The van der Waals surface area contributed by atoms with Crippen molar-refractivity contribution < 1.29 is 9.13 Å². The van der Waals surface area contributed by atoms with Crippen LogP contribution >= 0.6 is 0 Å². The fourth-order valence-corrected chi connectivity index (χ4v) is 0.959. The molecule has 1 aromatic carbocycles. The molecule has 0 aromatic heterocycles. The molecule has 0 N–H and O–H groups in total. The number of aryl methyl sites for hydroxylation is 1. The van der Waals surface area contributed by atoms with Gasteiger partial charge in [0, 0.05) is 0 Å². The number of hydrogen-bond acceptors (Lipinski definition) is 1. The zero-order valence-corrected chi connectivity index (χ0v) is 7.02. The summed E-state index contributed by atoms with van der Waals surface area (Å²) in [5, 5.41) is 0. The Kier molecular flexibility index (Phi) is 2.35. The van der Waals surface area contributed by atoms with Crippen molar-refractivity contribution in [1.82, 2.24) is 0 Å². The van der Waals surface area contributed by atoms with Crippen molar-refractivity contribution in [3.8, 4) is 18.1 Å². The molecule has 0 radical (unpaired) electrons. The van der Waals surface area contributed by atoms with Crippen LogP contribution in [0, 0.1) is 25.1 Å². The lowest BCUT2D eigenvalue weighted by Gasteiger charge is -2.03. The second kappa shape index (κ2) is 3.27. The Bertz CT molecular complexity index is 336. The van der Waals surface area contributed by atoms with Crippen LogP contribution in [0.1, 0.15) is 11.1 Å². The first-order chi connectivity index (χ1) is 5.69. The SMILES string of the molecule is C#Cc1cc(OC)cc(C)c1F. The van der Waals surface area contributed by atoms with E-state index in [9.17, 15) is 4.39 Å². The van der Waals surface area contributed by atoms with Crippen LogP contribution in [0.2, 0.25) is 0 Å². The molecule has 0 heterocycles. The number of methoxy groups -OCH3 is 1. The third-order valence-corrected chi connectivity index (χ3v) is 1.62. The highest BCUT2D eigenvalue weighted by Crippen LogP contribution is 2.19. The molecule has 0 aliphatic rings. The predicted molar refractivity (Wildman–Crippen MR) is 45.6 cm³/mol. The van der Waals surface area contributed by atoms with Gasteiger partial charge in [0.05, 0.1) is 12.7 Å². The summed E-state index contributed by atoms with van der Waals surface area (Å²) in [5.41, 5.74) is 0.745. The smallest absolute Gasteiger partial charge is 0.141 e. The van der Waals surface area contributed by atoms with E-state index in [-0.39, 0.29) is 11.4 Å². The molecule has 1 aromatic rings. The Hall–Kier alpha value is -1.49. The van der Waals surface area contributed by atoms with E-state index in [2.05, 4.69) is 5.92 Å². The molecule has 0 bridgehead atoms. The number of terminal acetylenes is 1. The van der Waals surface area contributed by atoms with E-state index in [1.807, 2.05) is 0 Å². The van der Waals surface area contributed by atoms with E-state index in [4.69, 9.17) is 11.2 Å². The van der Waals surface area contributed by atoms with Gasteiger partial charge in [0.15, 0.2) is 0 Å². The molecule has 2 heteroatoms. The summed E-state index contributed by atoms with van der Waals surface area (Å²) in [4.78, 5) is 0. The Balaban J connectivity index is 3.31. The lowest BCUT2D eigenvalue weighted by Crippen LogP contribution is -1.91. The van der Waals surface area contributed by atoms with E-state index in [0.29, 0.717) is 11.3 Å². The Morgan fingerprint density at radius 2 is 2.17 bits per heavy atom. The van der Waals surface area contributed by atoms with E-state index in [1.54, 1.807) is 13.0 Å². The highest BCUT2D eigenvalue weighted by molar-refractivity contribution is 5.43. The van der Waals surface area contributed by atoms with Crippen LogP contribution in [0.4, 0.5) is 4.39 Å². The van der Waals surface area contributed by atoms with Crippen molar-refractivity contribution in [2.75, 3.05) is 7.11 Å². The standard InChI is InChI=1S/C10H9FO/c1-4-8-6-9(12-3)5-7(2)10(8)11/h1,5-6H,2-3H3. The average molecular weight is 164 g/mol. The van der Waals surface area contributed by atoms with Gasteiger partial charge in [0.1, 0.15) is 11.6 Å². The summed E-state index contributed by atoms with van der Waals surface area (Å²) in [7, 11) is 1.52. The first-order valence-corrected chi connectivity index (χ1v) is 3.49. The summed E-state index contributed by atoms with van der Waals surface area (Å²) in [5.74, 6) is 2.49. The second-order valence-corrected chi connectivity index (χ2v) is 2.45. The predicted octanol–water partition coefficient (Wildman–Crippen LogP) is 2.12. The summed E-state index contributed by atoms with van der Waals surface area (Å²) in [6.07, 6.45) is 5.10. The normalized spacial score (nSPS) is 9.17. The molecular formula is C10H9FO. The summed E-state index contributed by atoms with van der Waals surface area (Å²) in [6.45, 7) is 1.65. The van der Waals surface area contributed by atoms with Gasteiger partial charge in [-0.1, -0.05) is 5.92 Å². The zero-order chi connectivity index (χ0) is 9.14. The minimum absolute atomic E-state index is 0.242. The van der Waals surface area contributed by atoms with E-state index in [1.165, 1.54) is 13.2 Å². The van der Waals surface area contributed by atoms with Gasteiger partial charge in [-0.25, -0.2) is 4.39 Å². The molecule has 62 valence electrons. The maximum atomic E-state index is 13.1. The molecule has 0 aliphatic carbocycles. The van der Waals surface area contributed by atoms with Crippen LogP contribution in [-0.2, 0) is 0 Å². The molecule has 0 aliphatic heterocycles. The average Bonchev–Trinajstić information content (AvgIpc) is 2.09. The van der Waals surface area contributed by atoms with Crippen molar-refractivity contribution in [3.63, 3.8) is 0 Å². The van der Waals surface area contributed by atoms with Crippen molar-refractivity contribution in [2.45, 2.75) is 6.92 Å². The second-order valence-electron chi connectivity index (χ2n) is 2.45. The van der Waals surface area contributed by atoms with Gasteiger partial charge >= 0.3 is 0 Å². The molecule has 12 heavy (non-hydrogen) atoms. The minimum Gasteiger partial charge on any atom is -0.497 e. The topological polar surface area (TPSA) is 9.23 Å². The lowest BCUT2D eigenvalue weighted by molar-refractivity contribution is 0.413. The van der Waals surface area contributed by atoms with Crippen molar-refractivity contribution in [2.24, 2.45) is 0 Å². The molecule has 0 atom stereocenters. The molecule has 0 amide bonds. The van der Waals surface area contributed by atoms with Crippen LogP contribution in [0.3, 0.4) is 0 Å². The minimum atomic E-state index is -0.349. The Labute approximate surface area is 71.2 Å². The van der Waals surface area contributed by atoms with Gasteiger partial charge < -0.3 is 4.74 Å². The van der Waals surface area contributed by atoms with Crippen molar-refractivity contribution in [1.29, 1.82) is 0 Å². The summed E-state index contributed by atoms with van der Waals surface area (Å²) >= 11 is 0. The van der Waals surface area contributed by atoms with Crippen LogP contribution < -0.4 is 4.74 Å². The van der Waals surface area contributed by atoms with Gasteiger partial charge in [0.2, 0.25) is 0 Å². The summed E-state index contributed by atoms with van der Waals surface area (Å²) < 4.78 is 18.1. The maximum Gasteiger partial charge on any atom is 0.141 e. The van der Waals surface area contributed by atoms with Gasteiger partial charge in [-0.15, -0.1) is 6.42 Å². The maximum absolute atomic E-state index is 13.1. The number of halogens is 1. The fourth-order valence-electron chi connectivity index (χ4n) is 0.959. The largest absolute Gasteiger partial charge is 0.497 e. The molecule has 1 nitrogen and oxygen atoms in total. The van der Waals surface area contributed by atoms with Gasteiger partial charge in [-0.05, 0) is 24.6 Å².